The van der Waals surface area contributed by atoms with Crippen LogP contribution in [0.5, 0.6) is 5.75 Å². The van der Waals surface area contributed by atoms with Gasteiger partial charge in [-0.2, -0.15) is 0 Å². The molecule has 1 aliphatic heterocycles. The maximum absolute atomic E-state index is 12.4. The molecule has 2 aromatic rings. The number of oxazole rings is 1. The van der Waals surface area contributed by atoms with Crippen LogP contribution in [0.25, 0.3) is 11.1 Å². The predicted octanol–water partition coefficient (Wildman–Crippen LogP) is 2.33. The smallest absolute Gasteiger partial charge is 0.237 e. The van der Waals surface area contributed by atoms with Crippen LogP contribution < -0.4 is 10.1 Å². The molecule has 0 bridgehead atoms. The first kappa shape index (κ1) is 15.8. The van der Waals surface area contributed by atoms with E-state index in [4.69, 9.17) is 9.15 Å². The molecule has 1 amide bonds. The lowest BCUT2D eigenvalue weighted by atomic mass is 10.2. The Morgan fingerprint density at radius 2 is 2.22 bits per heavy atom. The summed E-state index contributed by atoms with van der Waals surface area (Å²) in [5.74, 6) is 1.30. The summed E-state index contributed by atoms with van der Waals surface area (Å²) >= 11 is 0. The van der Waals surface area contributed by atoms with Crippen molar-refractivity contribution in [1.29, 1.82) is 0 Å². The molecule has 0 spiro atoms. The van der Waals surface area contributed by atoms with E-state index in [9.17, 15) is 4.79 Å². The van der Waals surface area contributed by atoms with E-state index in [1.54, 1.807) is 7.11 Å². The molecule has 1 aromatic heterocycles. The molecule has 3 rings (SSSR count). The van der Waals surface area contributed by atoms with Gasteiger partial charge in [-0.15, -0.1) is 0 Å². The Morgan fingerprint density at radius 1 is 1.43 bits per heavy atom. The third kappa shape index (κ3) is 3.47. The first-order valence-corrected chi connectivity index (χ1v) is 8.16. The number of ether oxygens (including phenoxy) is 1. The maximum atomic E-state index is 12.4. The second-order valence-corrected chi connectivity index (χ2v) is 5.83. The molecule has 2 heterocycles. The molecule has 6 heteroatoms. The minimum Gasteiger partial charge on any atom is -0.497 e. The summed E-state index contributed by atoms with van der Waals surface area (Å²) in [5, 5.41) is 2.95. The van der Waals surface area contributed by atoms with E-state index in [0.717, 1.165) is 30.8 Å². The van der Waals surface area contributed by atoms with E-state index >= 15 is 0 Å². The second kappa shape index (κ2) is 7.00. The number of aromatic nitrogens is 1. The van der Waals surface area contributed by atoms with Gasteiger partial charge in [0, 0.05) is 6.07 Å². The van der Waals surface area contributed by atoms with Gasteiger partial charge in [0.15, 0.2) is 5.58 Å². The van der Waals surface area contributed by atoms with Gasteiger partial charge in [-0.25, -0.2) is 4.98 Å². The molecular formula is C17H23N3O3. The molecule has 1 N–H and O–H groups in total. The fraction of sp³-hybridized carbons (Fsp3) is 0.529. The van der Waals surface area contributed by atoms with Crippen LogP contribution in [0.2, 0.25) is 0 Å². The summed E-state index contributed by atoms with van der Waals surface area (Å²) in [4.78, 5) is 19.1. The molecule has 1 atom stereocenters. The number of carbonyl (C=O) groups excluding carboxylic acids is 1. The first-order chi connectivity index (χ1) is 11.2. The normalized spacial score (nSPS) is 16.6. The van der Waals surface area contributed by atoms with Crippen molar-refractivity contribution in [3.63, 3.8) is 0 Å². The molecule has 23 heavy (non-hydrogen) atoms. The van der Waals surface area contributed by atoms with E-state index in [1.165, 1.54) is 12.8 Å². The van der Waals surface area contributed by atoms with Crippen molar-refractivity contribution in [1.82, 2.24) is 15.2 Å². The molecule has 1 aromatic carbocycles. The molecule has 0 unspecified atom stereocenters. The number of carbonyl (C=O) groups is 1. The van der Waals surface area contributed by atoms with Gasteiger partial charge in [0.1, 0.15) is 11.3 Å². The van der Waals surface area contributed by atoms with Crippen LogP contribution in [-0.2, 0) is 11.3 Å². The van der Waals surface area contributed by atoms with Crippen LogP contribution in [0.4, 0.5) is 0 Å². The van der Waals surface area contributed by atoms with Crippen molar-refractivity contribution >= 4 is 17.0 Å². The molecule has 124 valence electrons. The molecule has 1 aliphatic rings. The van der Waals surface area contributed by atoms with Crippen molar-refractivity contribution < 1.29 is 13.9 Å². The van der Waals surface area contributed by atoms with Crippen molar-refractivity contribution in [2.24, 2.45) is 0 Å². The fourth-order valence-corrected chi connectivity index (χ4v) is 3.10. The summed E-state index contributed by atoms with van der Waals surface area (Å²) in [6.07, 6.45) is 3.17. The van der Waals surface area contributed by atoms with Crippen LogP contribution in [0.3, 0.4) is 0 Å². The highest BCUT2D eigenvalue weighted by Crippen LogP contribution is 2.21. The number of hydrogen-bond acceptors (Lipinski definition) is 5. The summed E-state index contributed by atoms with van der Waals surface area (Å²) in [5.41, 5.74) is 1.43. The topological polar surface area (TPSA) is 67.6 Å². The highest BCUT2D eigenvalue weighted by molar-refractivity contribution is 5.81. The lowest BCUT2D eigenvalue weighted by Gasteiger charge is -2.24. The lowest BCUT2D eigenvalue weighted by molar-refractivity contribution is -0.126. The molecular weight excluding hydrogens is 294 g/mol. The van der Waals surface area contributed by atoms with E-state index in [1.807, 2.05) is 25.1 Å². The van der Waals surface area contributed by atoms with Gasteiger partial charge in [-0.1, -0.05) is 6.92 Å². The van der Waals surface area contributed by atoms with Gasteiger partial charge in [0.2, 0.25) is 11.8 Å². The third-order valence-corrected chi connectivity index (χ3v) is 4.32. The zero-order valence-electron chi connectivity index (χ0n) is 13.7. The van der Waals surface area contributed by atoms with Crippen molar-refractivity contribution in [2.75, 3.05) is 20.2 Å². The van der Waals surface area contributed by atoms with Crippen LogP contribution in [0, 0.1) is 0 Å². The third-order valence-electron chi connectivity index (χ3n) is 4.32. The van der Waals surface area contributed by atoms with E-state index in [0.29, 0.717) is 18.0 Å². The van der Waals surface area contributed by atoms with E-state index < -0.39 is 0 Å². The van der Waals surface area contributed by atoms with E-state index in [2.05, 4.69) is 15.2 Å². The molecule has 1 saturated heterocycles. The molecule has 1 fully saturated rings. The minimum absolute atomic E-state index is 0.0502. The molecule has 0 radical (unpaired) electrons. The SMILES string of the molecule is CC[C@H](C(=O)NCc1nc2cc(OC)ccc2o1)N1CCCC1. The van der Waals surface area contributed by atoms with Gasteiger partial charge in [-0.3, -0.25) is 9.69 Å². The number of rotatable bonds is 6. The Morgan fingerprint density at radius 3 is 2.91 bits per heavy atom. The lowest BCUT2D eigenvalue weighted by Crippen LogP contribution is -2.45. The summed E-state index contributed by atoms with van der Waals surface area (Å²) in [7, 11) is 1.62. The number of likely N-dealkylation sites (tertiary alicyclic amines) is 1. The summed E-state index contributed by atoms with van der Waals surface area (Å²) < 4.78 is 10.8. The Labute approximate surface area is 135 Å². The van der Waals surface area contributed by atoms with Crippen molar-refractivity contribution in [3.05, 3.63) is 24.1 Å². The monoisotopic (exact) mass is 317 g/mol. The number of nitrogens with zero attached hydrogens (tertiary/aromatic N) is 2. The Kier molecular flexibility index (Phi) is 4.81. The summed E-state index contributed by atoms with van der Waals surface area (Å²) in [6.45, 7) is 4.37. The van der Waals surface area contributed by atoms with Crippen LogP contribution in [-0.4, -0.2) is 42.0 Å². The highest BCUT2D eigenvalue weighted by atomic mass is 16.5. The van der Waals surface area contributed by atoms with Gasteiger partial charge in [-0.05, 0) is 44.5 Å². The Hall–Kier alpha value is -2.08. The Bertz CT molecular complexity index is 677. The molecule has 0 saturated carbocycles. The van der Waals surface area contributed by atoms with Crippen LogP contribution in [0.1, 0.15) is 32.1 Å². The quantitative estimate of drug-likeness (QED) is 0.885. The zero-order chi connectivity index (χ0) is 16.2. The van der Waals surface area contributed by atoms with Gasteiger partial charge in [0.05, 0.1) is 19.7 Å². The number of amides is 1. The van der Waals surface area contributed by atoms with Crippen LogP contribution >= 0.6 is 0 Å². The Balaban J connectivity index is 1.63. The molecule has 0 aliphatic carbocycles. The van der Waals surface area contributed by atoms with Crippen molar-refractivity contribution in [3.8, 4) is 5.75 Å². The fourth-order valence-electron chi connectivity index (χ4n) is 3.10. The van der Waals surface area contributed by atoms with Gasteiger partial charge < -0.3 is 14.5 Å². The minimum atomic E-state index is -0.0537. The maximum Gasteiger partial charge on any atom is 0.237 e. The number of methoxy groups -OCH3 is 1. The van der Waals surface area contributed by atoms with Gasteiger partial charge in [0.25, 0.3) is 0 Å². The number of benzene rings is 1. The van der Waals surface area contributed by atoms with Crippen LogP contribution in [0.15, 0.2) is 22.6 Å². The number of fused-ring (bicyclic) bond motifs is 1. The average molecular weight is 317 g/mol. The summed E-state index contributed by atoms with van der Waals surface area (Å²) in [6, 6.07) is 5.42. The van der Waals surface area contributed by atoms with Crippen molar-refractivity contribution in [2.45, 2.75) is 38.8 Å². The average Bonchev–Trinajstić information content (AvgIpc) is 3.22. The largest absolute Gasteiger partial charge is 0.497 e. The zero-order valence-corrected chi connectivity index (χ0v) is 13.7. The van der Waals surface area contributed by atoms with E-state index in [-0.39, 0.29) is 11.9 Å². The number of nitrogens with one attached hydrogen (secondary N) is 1. The predicted molar refractivity (Wildman–Crippen MR) is 87.3 cm³/mol. The van der Waals surface area contributed by atoms with Gasteiger partial charge >= 0.3 is 0 Å². The number of hydrogen-bond donors (Lipinski definition) is 1. The first-order valence-electron chi connectivity index (χ1n) is 8.16. The highest BCUT2D eigenvalue weighted by Gasteiger charge is 2.26. The standard InChI is InChI=1S/C17H23N3O3/c1-3-14(20-8-4-5-9-20)17(21)18-11-16-19-13-10-12(22-2)6-7-15(13)23-16/h6-7,10,14H,3-5,8-9,11H2,1-2H3,(H,18,21)/t14-/m1/s1. The second-order valence-electron chi connectivity index (χ2n) is 5.83. The molecule has 6 nitrogen and oxygen atoms in total.